The minimum absolute atomic E-state index is 0.362. The van der Waals surface area contributed by atoms with Gasteiger partial charge in [0, 0.05) is 24.1 Å². The summed E-state index contributed by atoms with van der Waals surface area (Å²) >= 11 is 0. The quantitative estimate of drug-likeness (QED) is 0.782. The summed E-state index contributed by atoms with van der Waals surface area (Å²) in [4.78, 5) is 0. The number of benzene rings is 1. The summed E-state index contributed by atoms with van der Waals surface area (Å²) in [5.74, 6) is 0. The van der Waals surface area contributed by atoms with Crippen LogP contribution in [0.5, 0.6) is 0 Å². The van der Waals surface area contributed by atoms with Crippen molar-refractivity contribution in [2.75, 3.05) is 13.2 Å². The first kappa shape index (κ1) is 13.3. The van der Waals surface area contributed by atoms with E-state index in [1.54, 1.807) is 0 Å². The highest BCUT2D eigenvalue weighted by molar-refractivity contribution is 7.62. The number of aromatic nitrogens is 1. The number of fused-ring (bicyclic) bond motifs is 1. The number of para-hydroxylation sites is 1. The molecule has 5 heteroatoms. The topological polar surface area (TPSA) is 40.5 Å². The smallest absolute Gasteiger partial charge is 0.350 e. The van der Waals surface area contributed by atoms with Gasteiger partial charge in [-0.15, -0.1) is 0 Å². The Hall–Kier alpha value is -1.09. The lowest BCUT2D eigenvalue weighted by Crippen LogP contribution is -2.09. The molecule has 18 heavy (non-hydrogen) atoms. The van der Waals surface area contributed by atoms with Crippen molar-refractivity contribution in [3.63, 3.8) is 0 Å². The van der Waals surface area contributed by atoms with Crippen LogP contribution in [0.4, 0.5) is 0 Å². The number of hydrogen-bond donors (Lipinski definition) is 0. The predicted molar refractivity (Wildman–Crippen MR) is 73.4 cm³/mol. The normalized spacial score (nSPS) is 12.2. The molecule has 0 saturated carbocycles. The highest BCUT2D eigenvalue weighted by atomic mass is 31.2. The van der Waals surface area contributed by atoms with Crippen molar-refractivity contribution < 1.29 is 13.6 Å². The van der Waals surface area contributed by atoms with E-state index in [-0.39, 0.29) is 0 Å². The zero-order valence-corrected chi connectivity index (χ0v) is 11.8. The van der Waals surface area contributed by atoms with Crippen LogP contribution in [-0.2, 0) is 20.7 Å². The van der Waals surface area contributed by atoms with Gasteiger partial charge in [0.1, 0.15) is 0 Å². The van der Waals surface area contributed by atoms with Crippen molar-refractivity contribution in [3.8, 4) is 0 Å². The standard InChI is InChI=1S/C13H18NO3P/c1-4-16-18(15,17-5-2)13-10-14(3)12-9-7-6-8-11(12)13/h6-10H,4-5H2,1-3H3. The Labute approximate surface area is 107 Å². The molecule has 0 atom stereocenters. The van der Waals surface area contributed by atoms with E-state index in [1.165, 1.54) is 0 Å². The molecule has 0 saturated heterocycles. The number of aryl methyl sites for hydroxylation is 1. The molecule has 0 unspecified atom stereocenters. The van der Waals surface area contributed by atoms with E-state index in [4.69, 9.17) is 9.05 Å². The fraction of sp³-hybridized carbons (Fsp3) is 0.385. The molecule has 1 aromatic heterocycles. The maximum atomic E-state index is 12.8. The molecule has 0 fully saturated rings. The molecule has 0 radical (unpaired) electrons. The zero-order chi connectivity index (χ0) is 13.2. The molecule has 1 aromatic carbocycles. The highest BCUT2D eigenvalue weighted by Gasteiger charge is 2.30. The Balaban J connectivity index is 2.61. The van der Waals surface area contributed by atoms with Crippen molar-refractivity contribution in [2.45, 2.75) is 13.8 Å². The third kappa shape index (κ3) is 2.24. The van der Waals surface area contributed by atoms with Crippen molar-refractivity contribution in [3.05, 3.63) is 30.5 Å². The van der Waals surface area contributed by atoms with Crippen molar-refractivity contribution in [1.29, 1.82) is 0 Å². The van der Waals surface area contributed by atoms with E-state index >= 15 is 0 Å². The van der Waals surface area contributed by atoms with Gasteiger partial charge >= 0.3 is 7.60 Å². The fourth-order valence-corrected chi connectivity index (χ4v) is 3.89. The van der Waals surface area contributed by atoms with Gasteiger partial charge in [-0.25, -0.2) is 0 Å². The van der Waals surface area contributed by atoms with Crippen LogP contribution in [-0.4, -0.2) is 17.8 Å². The summed E-state index contributed by atoms with van der Waals surface area (Å²) in [6.45, 7) is 4.36. The highest BCUT2D eigenvalue weighted by Crippen LogP contribution is 2.48. The SMILES string of the molecule is CCOP(=O)(OCC)c1cn(C)c2ccccc12. The average Bonchev–Trinajstić information content (AvgIpc) is 2.69. The first-order valence-corrected chi connectivity index (χ1v) is 7.60. The van der Waals surface area contributed by atoms with Gasteiger partial charge in [-0.05, 0) is 19.9 Å². The Morgan fingerprint density at radius 1 is 1.17 bits per heavy atom. The largest absolute Gasteiger partial charge is 0.363 e. The molecule has 2 rings (SSSR count). The van der Waals surface area contributed by atoms with Crippen LogP contribution in [0.3, 0.4) is 0 Å². The molecule has 98 valence electrons. The number of nitrogens with zero attached hydrogens (tertiary/aromatic N) is 1. The average molecular weight is 267 g/mol. The molecule has 0 amide bonds. The van der Waals surface area contributed by atoms with E-state index in [0.29, 0.717) is 18.5 Å². The Kier molecular flexibility index (Phi) is 3.91. The minimum Gasteiger partial charge on any atom is -0.350 e. The fourth-order valence-electron chi connectivity index (χ4n) is 2.05. The van der Waals surface area contributed by atoms with Crippen LogP contribution >= 0.6 is 7.60 Å². The minimum atomic E-state index is -3.22. The van der Waals surface area contributed by atoms with Crippen LogP contribution in [0.15, 0.2) is 30.5 Å². The lowest BCUT2D eigenvalue weighted by molar-refractivity contribution is 0.230. The maximum absolute atomic E-state index is 12.8. The molecule has 0 aliphatic rings. The van der Waals surface area contributed by atoms with Crippen LogP contribution in [0, 0.1) is 0 Å². The lowest BCUT2D eigenvalue weighted by Gasteiger charge is -2.16. The van der Waals surface area contributed by atoms with E-state index < -0.39 is 7.60 Å². The van der Waals surface area contributed by atoms with Crippen LogP contribution < -0.4 is 5.30 Å². The molecule has 0 aliphatic heterocycles. The maximum Gasteiger partial charge on any atom is 0.363 e. The number of hydrogen-bond acceptors (Lipinski definition) is 3. The van der Waals surface area contributed by atoms with E-state index in [1.807, 2.05) is 55.9 Å². The summed E-state index contributed by atoms with van der Waals surface area (Å²) in [5.41, 5.74) is 1.02. The lowest BCUT2D eigenvalue weighted by atomic mass is 10.2. The van der Waals surface area contributed by atoms with E-state index in [9.17, 15) is 4.57 Å². The van der Waals surface area contributed by atoms with Gasteiger partial charge in [-0.2, -0.15) is 0 Å². The Morgan fingerprint density at radius 3 is 2.39 bits per heavy atom. The first-order valence-electron chi connectivity index (χ1n) is 6.06. The molecular weight excluding hydrogens is 249 g/mol. The molecule has 0 aliphatic carbocycles. The first-order chi connectivity index (χ1) is 8.62. The molecular formula is C13H18NO3P. The molecule has 0 bridgehead atoms. The van der Waals surface area contributed by atoms with Gasteiger partial charge in [0.05, 0.1) is 18.5 Å². The van der Waals surface area contributed by atoms with E-state index in [2.05, 4.69) is 0 Å². The predicted octanol–water partition coefficient (Wildman–Crippen LogP) is 3.07. The third-order valence-corrected chi connectivity index (χ3v) is 4.91. The summed E-state index contributed by atoms with van der Waals surface area (Å²) in [6, 6.07) is 7.81. The van der Waals surface area contributed by atoms with Crippen molar-refractivity contribution in [1.82, 2.24) is 4.57 Å². The molecule has 0 N–H and O–H groups in total. The van der Waals surface area contributed by atoms with Gasteiger partial charge in [0.2, 0.25) is 0 Å². The Morgan fingerprint density at radius 2 is 1.78 bits per heavy atom. The summed E-state index contributed by atoms with van der Waals surface area (Å²) in [6.07, 6.45) is 1.83. The second-order valence-electron chi connectivity index (χ2n) is 3.98. The molecule has 1 heterocycles. The van der Waals surface area contributed by atoms with Gasteiger partial charge in [-0.1, -0.05) is 18.2 Å². The van der Waals surface area contributed by atoms with Gasteiger partial charge in [-0.3, -0.25) is 4.57 Å². The summed E-state index contributed by atoms with van der Waals surface area (Å²) in [5, 5.41) is 1.56. The second kappa shape index (κ2) is 5.27. The molecule has 4 nitrogen and oxygen atoms in total. The monoisotopic (exact) mass is 267 g/mol. The molecule has 0 spiro atoms. The van der Waals surface area contributed by atoms with Gasteiger partial charge in [0.25, 0.3) is 0 Å². The molecule has 2 aromatic rings. The Bertz CT molecular complexity index is 581. The summed E-state index contributed by atoms with van der Waals surface area (Å²) in [7, 11) is -1.29. The zero-order valence-electron chi connectivity index (χ0n) is 10.9. The van der Waals surface area contributed by atoms with Gasteiger partial charge in [0.15, 0.2) is 0 Å². The number of rotatable bonds is 5. The van der Waals surface area contributed by atoms with Crippen molar-refractivity contribution >= 4 is 23.8 Å². The van der Waals surface area contributed by atoms with Crippen molar-refractivity contribution in [2.24, 2.45) is 7.05 Å². The second-order valence-corrected chi connectivity index (χ2v) is 5.97. The third-order valence-electron chi connectivity index (χ3n) is 2.77. The van der Waals surface area contributed by atoms with E-state index in [0.717, 1.165) is 10.9 Å². The van der Waals surface area contributed by atoms with Gasteiger partial charge < -0.3 is 13.6 Å². The summed E-state index contributed by atoms with van der Waals surface area (Å²) < 4.78 is 25.5. The van der Waals surface area contributed by atoms with Crippen LogP contribution in [0.2, 0.25) is 0 Å². The van der Waals surface area contributed by atoms with Crippen LogP contribution in [0.1, 0.15) is 13.8 Å². The van der Waals surface area contributed by atoms with Crippen LogP contribution in [0.25, 0.3) is 10.9 Å².